The Hall–Kier alpha value is -1.03. The first-order chi connectivity index (χ1) is 10.2. The molecule has 0 aromatic heterocycles. The lowest BCUT2D eigenvalue weighted by Gasteiger charge is -2.43. The highest BCUT2D eigenvalue weighted by Crippen LogP contribution is 2.37. The molecule has 0 radical (unpaired) electrons. The predicted molar refractivity (Wildman–Crippen MR) is 81.7 cm³/mol. The summed E-state index contributed by atoms with van der Waals surface area (Å²) >= 11 is 5.63. The molecule has 3 fully saturated rings. The smallest absolute Gasteiger partial charge is 0.246 e. The van der Waals surface area contributed by atoms with Gasteiger partial charge in [-0.25, -0.2) is 0 Å². The summed E-state index contributed by atoms with van der Waals surface area (Å²) in [4.78, 5) is 27.1. The van der Waals surface area contributed by atoms with Gasteiger partial charge in [-0.1, -0.05) is 36.9 Å². The average Bonchev–Trinajstić information content (AvgIpc) is 3.33. The molecule has 3 aliphatic rings. The van der Waals surface area contributed by atoms with Crippen molar-refractivity contribution in [3.63, 3.8) is 0 Å². The van der Waals surface area contributed by atoms with Crippen LogP contribution in [0.3, 0.4) is 0 Å². The van der Waals surface area contributed by atoms with Crippen molar-refractivity contribution in [3.05, 3.63) is 11.6 Å². The SMILES string of the molecule is O=C1NC(C2CC2)C(=O)N(C/C=C/Cl)C1C1CCCCC1. The Morgan fingerprint density at radius 3 is 2.43 bits per heavy atom. The molecule has 2 aliphatic carbocycles. The summed E-state index contributed by atoms with van der Waals surface area (Å²) in [5.74, 6) is 0.770. The molecule has 2 amide bonds. The zero-order chi connectivity index (χ0) is 14.8. The fraction of sp³-hybridized carbons (Fsp3) is 0.750. The minimum Gasteiger partial charge on any atom is -0.342 e. The van der Waals surface area contributed by atoms with Crippen LogP contribution in [0.4, 0.5) is 0 Å². The van der Waals surface area contributed by atoms with E-state index in [1.54, 1.807) is 11.0 Å². The normalized spacial score (nSPS) is 31.8. The molecule has 2 saturated carbocycles. The van der Waals surface area contributed by atoms with Gasteiger partial charge in [-0.15, -0.1) is 0 Å². The largest absolute Gasteiger partial charge is 0.342 e. The van der Waals surface area contributed by atoms with Gasteiger partial charge in [0.2, 0.25) is 11.8 Å². The minimum atomic E-state index is -0.305. The van der Waals surface area contributed by atoms with E-state index in [9.17, 15) is 9.59 Å². The Labute approximate surface area is 130 Å². The molecule has 0 bridgehead atoms. The quantitative estimate of drug-likeness (QED) is 0.867. The number of nitrogens with zero attached hydrogens (tertiary/aromatic N) is 1. The van der Waals surface area contributed by atoms with Crippen LogP contribution < -0.4 is 5.32 Å². The standard InChI is InChI=1S/C16H23ClN2O2/c17-9-4-10-19-14(12-5-2-1-3-6-12)15(20)18-13(16(19)21)11-7-8-11/h4,9,11-14H,1-3,5-8,10H2,(H,18,20)/b9-4+. The van der Waals surface area contributed by atoms with E-state index in [2.05, 4.69) is 5.32 Å². The van der Waals surface area contributed by atoms with Gasteiger partial charge in [-0.2, -0.15) is 0 Å². The number of piperazine rings is 1. The first-order valence-corrected chi connectivity index (χ1v) is 8.52. The molecule has 21 heavy (non-hydrogen) atoms. The van der Waals surface area contributed by atoms with E-state index in [0.29, 0.717) is 18.4 Å². The van der Waals surface area contributed by atoms with Crippen molar-refractivity contribution in [3.8, 4) is 0 Å². The molecule has 1 saturated heterocycles. The Morgan fingerprint density at radius 2 is 1.81 bits per heavy atom. The van der Waals surface area contributed by atoms with E-state index < -0.39 is 0 Å². The van der Waals surface area contributed by atoms with E-state index in [1.807, 2.05) is 0 Å². The van der Waals surface area contributed by atoms with Gasteiger partial charge in [-0.3, -0.25) is 9.59 Å². The molecular weight excluding hydrogens is 288 g/mol. The molecule has 1 aliphatic heterocycles. The van der Waals surface area contributed by atoms with Gasteiger partial charge in [-0.05, 0) is 37.5 Å². The Morgan fingerprint density at radius 1 is 1.10 bits per heavy atom. The Balaban J connectivity index is 1.80. The monoisotopic (exact) mass is 310 g/mol. The number of rotatable bonds is 4. The molecule has 116 valence electrons. The topological polar surface area (TPSA) is 49.4 Å². The van der Waals surface area contributed by atoms with Crippen LogP contribution in [0.25, 0.3) is 0 Å². The van der Waals surface area contributed by atoms with Crippen molar-refractivity contribution >= 4 is 23.4 Å². The summed E-state index contributed by atoms with van der Waals surface area (Å²) < 4.78 is 0. The summed E-state index contributed by atoms with van der Waals surface area (Å²) in [5.41, 5.74) is 1.43. The molecule has 2 unspecified atom stereocenters. The van der Waals surface area contributed by atoms with E-state index in [4.69, 9.17) is 11.6 Å². The third-order valence-corrected chi connectivity index (χ3v) is 5.21. The Kier molecular flexibility index (Phi) is 4.53. The third-order valence-electron chi connectivity index (χ3n) is 5.03. The van der Waals surface area contributed by atoms with Crippen molar-refractivity contribution in [2.75, 3.05) is 6.54 Å². The second-order valence-electron chi connectivity index (χ2n) is 6.52. The van der Waals surface area contributed by atoms with Gasteiger partial charge >= 0.3 is 0 Å². The predicted octanol–water partition coefficient (Wildman–Crippen LogP) is 2.42. The summed E-state index contributed by atoms with van der Waals surface area (Å²) in [6, 6.07) is -0.610. The molecule has 3 rings (SSSR count). The van der Waals surface area contributed by atoms with Crippen molar-refractivity contribution in [2.24, 2.45) is 11.8 Å². The van der Waals surface area contributed by atoms with Gasteiger partial charge in [0.25, 0.3) is 0 Å². The molecule has 0 spiro atoms. The first-order valence-electron chi connectivity index (χ1n) is 8.08. The van der Waals surface area contributed by atoms with Crippen molar-refractivity contribution in [1.82, 2.24) is 10.2 Å². The molecule has 0 aromatic rings. The van der Waals surface area contributed by atoms with Crippen LogP contribution in [-0.4, -0.2) is 35.3 Å². The van der Waals surface area contributed by atoms with Gasteiger partial charge in [0.15, 0.2) is 0 Å². The van der Waals surface area contributed by atoms with Gasteiger partial charge in [0.05, 0.1) is 0 Å². The zero-order valence-corrected chi connectivity index (χ0v) is 13.0. The van der Waals surface area contributed by atoms with Crippen LogP contribution in [0.2, 0.25) is 0 Å². The third kappa shape index (κ3) is 3.10. The van der Waals surface area contributed by atoms with Crippen LogP contribution in [0.1, 0.15) is 44.9 Å². The number of halogens is 1. The second-order valence-corrected chi connectivity index (χ2v) is 6.77. The van der Waals surface area contributed by atoms with Crippen LogP contribution in [0.15, 0.2) is 11.6 Å². The number of amides is 2. The molecule has 5 heteroatoms. The van der Waals surface area contributed by atoms with E-state index in [1.165, 1.54) is 12.0 Å². The van der Waals surface area contributed by atoms with Crippen LogP contribution in [0.5, 0.6) is 0 Å². The van der Waals surface area contributed by atoms with Crippen LogP contribution >= 0.6 is 11.6 Å². The van der Waals surface area contributed by atoms with Gasteiger partial charge in [0, 0.05) is 12.1 Å². The molecule has 2 atom stereocenters. The Bertz CT molecular complexity index is 442. The number of hydrogen-bond acceptors (Lipinski definition) is 2. The summed E-state index contributed by atoms with van der Waals surface area (Å²) in [5, 5.41) is 2.99. The van der Waals surface area contributed by atoms with Crippen LogP contribution in [0, 0.1) is 11.8 Å². The first kappa shape index (κ1) is 14.9. The van der Waals surface area contributed by atoms with Gasteiger partial charge in [0.1, 0.15) is 12.1 Å². The molecule has 0 aromatic carbocycles. The highest BCUT2D eigenvalue weighted by molar-refractivity contribution is 6.25. The molecule has 4 nitrogen and oxygen atoms in total. The van der Waals surface area contributed by atoms with E-state index in [0.717, 1.165) is 38.5 Å². The van der Waals surface area contributed by atoms with Crippen molar-refractivity contribution < 1.29 is 9.59 Å². The van der Waals surface area contributed by atoms with Gasteiger partial charge < -0.3 is 10.2 Å². The molecular formula is C16H23ClN2O2. The fourth-order valence-corrected chi connectivity index (χ4v) is 3.86. The summed E-state index contributed by atoms with van der Waals surface area (Å²) in [7, 11) is 0. The lowest BCUT2D eigenvalue weighted by molar-refractivity contribution is -0.152. The highest BCUT2D eigenvalue weighted by atomic mass is 35.5. The van der Waals surface area contributed by atoms with Crippen molar-refractivity contribution in [2.45, 2.75) is 57.0 Å². The molecule has 1 N–H and O–H groups in total. The second kappa shape index (κ2) is 6.39. The highest BCUT2D eigenvalue weighted by Gasteiger charge is 2.48. The number of carbonyl (C=O) groups excluding carboxylic acids is 2. The number of nitrogens with one attached hydrogen (secondary N) is 1. The lowest BCUT2D eigenvalue weighted by atomic mass is 9.81. The summed E-state index contributed by atoms with van der Waals surface area (Å²) in [6.45, 7) is 0.445. The average molecular weight is 311 g/mol. The van der Waals surface area contributed by atoms with E-state index in [-0.39, 0.29) is 23.9 Å². The molecule has 1 heterocycles. The number of hydrogen-bond donors (Lipinski definition) is 1. The summed E-state index contributed by atoms with van der Waals surface area (Å²) in [6.07, 6.45) is 9.50. The maximum absolute atomic E-state index is 12.7. The maximum atomic E-state index is 12.7. The lowest BCUT2D eigenvalue weighted by Crippen LogP contribution is -2.66. The number of carbonyl (C=O) groups is 2. The zero-order valence-electron chi connectivity index (χ0n) is 12.3. The maximum Gasteiger partial charge on any atom is 0.246 e. The minimum absolute atomic E-state index is 0.0429. The fourth-order valence-electron chi connectivity index (χ4n) is 3.78. The van der Waals surface area contributed by atoms with E-state index >= 15 is 0 Å². The van der Waals surface area contributed by atoms with Crippen molar-refractivity contribution in [1.29, 1.82) is 0 Å². The van der Waals surface area contributed by atoms with Crippen LogP contribution in [-0.2, 0) is 9.59 Å².